The molecule has 0 radical (unpaired) electrons. The van der Waals surface area contributed by atoms with Crippen molar-refractivity contribution in [3.63, 3.8) is 0 Å². The number of rotatable bonds is 5. The van der Waals surface area contributed by atoms with Crippen LogP contribution < -0.4 is 10.1 Å². The first kappa shape index (κ1) is 12.1. The van der Waals surface area contributed by atoms with Gasteiger partial charge in [-0.15, -0.1) is 0 Å². The molecule has 6 heteroatoms. The van der Waals surface area contributed by atoms with Crippen LogP contribution in [0.15, 0.2) is 36.9 Å². The normalized spacial score (nSPS) is 10.1. The van der Waals surface area contributed by atoms with Gasteiger partial charge in [-0.05, 0) is 12.1 Å². The molecule has 2 heterocycles. The minimum atomic E-state index is -0.233. The Morgan fingerprint density at radius 3 is 2.89 bits per heavy atom. The van der Waals surface area contributed by atoms with Crippen molar-refractivity contribution in [1.29, 1.82) is 0 Å². The lowest BCUT2D eigenvalue weighted by Gasteiger charge is -2.06. The summed E-state index contributed by atoms with van der Waals surface area (Å²) in [5.41, 5.74) is 0.300. The molecular weight excluding hydrogens is 232 g/mol. The predicted molar refractivity (Wildman–Crippen MR) is 65.3 cm³/mol. The number of amides is 1. The lowest BCUT2D eigenvalue weighted by atomic mass is 10.3. The molecule has 1 amide bonds. The maximum Gasteiger partial charge on any atom is 0.270 e. The molecule has 0 aromatic carbocycles. The zero-order valence-electron chi connectivity index (χ0n) is 10.0. The molecule has 0 saturated heterocycles. The Kier molecular flexibility index (Phi) is 3.90. The number of carbonyl (C=O) groups excluding carboxylic acids is 1. The Hall–Kier alpha value is -2.37. The minimum Gasteiger partial charge on any atom is -0.481 e. The van der Waals surface area contributed by atoms with E-state index in [1.807, 2.05) is 29.1 Å². The van der Waals surface area contributed by atoms with E-state index in [0.29, 0.717) is 18.1 Å². The van der Waals surface area contributed by atoms with E-state index in [1.165, 1.54) is 19.5 Å². The summed E-state index contributed by atoms with van der Waals surface area (Å²) in [5, 5.41) is 2.78. The van der Waals surface area contributed by atoms with Gasteiger partial charge in [0.1, 0.15) is 12.0 Å². The number of hydrogen-bond donors (Lipinski definition) is 1. The number of methoxy groups -OCH3 is 1. The quantitative estimate of drug-likeness (QED) is 0.843. The summed E-state index contributed by atoms with van der Waals surface area (Å²) in [7, 11) is 1.50. The van der Waals surface area contributed by atoms with Gasteiger partial charge < -0.3 is 14.6 Å². The van der Waals surface area contributed by atoms with Gasteiger partial charge in [0.05, 0.1) is 7.11 Å². The Balaban J connectivity index is 1.87. The van der Waals surface area contributed by atoms with Crippen molar-refractivity contribution in [2.75, 3.05) is 13.7 Å². The summed E-state index contributed by atoms with van der Waals surface area (Å²) in [6.07, 6.45) is 5.19. The first-order valence-electron chi connectivity index (χ1n) is 5.54. The summed E-state index contributed by atoms with van der Waals surface area (Å²) < 4.78 is 6.92. The Morgan fingerprint density at radius 1 is 1.39 bits per heavy atom. The lowest BCUT2D eigenvalue weighted by Crippen LogP contribution is -2.27. The molecule has 6 nitrogen and oxygen atoms in total. The zero-order valence-corrected chi connectivity index (χ0v) is 10.0. The highest BCUT2D eigenvalue weighted by Gasteiger charge is 2.07. The van der Waals surface area contributed by atoms with Crippen molar-refractivity contribution in [2.45, 2.75) is 6.54 Å². The van der Waals surface area contributed by atoms with Gasteiger partial charge >= 0.3 is 0 Å². The second-order valence-corrected chi connectivity index (χ2v) is 3.62. The van der Waals surface area contributed by atoms with Gasteiger partial charge in [0, 0.05) is 31.5 Å². The van der Waals surface area contributed by atoms with Gasteiger partial charge in [0.15, 0.2) is 0 Å². The van der Waals surface area contributed by atoms with Crippen LogP contribution in [0.3, 0.4) is 0 Å². The molecule has 1 N–H and O–H groups in total. The van der Waals surface area contributed by atoms with Crippen LogP contribution in [0, 0.1) is 0 Å². The van der Waals surface area contributed by atoms with Crippen molar-refractivity contribution in [3.05, 3.63) is 42.6 Å². The highest BCUT2D eigenvalue weighted by Crippen LogP contribution is 2.05. The van der Waals surface area contributed by atoms with E-state index in [9.17, 15) is 4.79 Å². The molecule has 18 heavy (non-hydrogen) atoms. The summed E-state index contributed by atoms with van der Waals surface area (Å²) in [6.45, 7) is 1.26. The van der Waals surface area contributed by atoms with E-state index in [2.05, 4.69) is 15.3 Å². The van der Waals surface area contributed by atoms with E-state index >= 15 is 0 Å². The van der Waals surface area contributed by atoms with E-state index < -0.39 is 0 Å². The van der Waals surface area contributed by atoms with Crippen LogP contribution in [0.4, 0.5) is 0 Å². The maximum atomic E-state index is 11.8. The molecule has 0 aliphatic carbocycles. The van der Waals surface area contributed by atoms with Gasteiger partial charge in [-0.1, -0.05) is 0 Å². The molecule has 2 aromatic rings. The maximum absolute atomic E-state index is 11.8. The summed E-state index contributed by atoms with van der Waals surface area (Å²) in [6, 6.07) is 5.39. The first-order chi connectivity index (χ1) is 8.79. The molecule has 0 fully saturated rings. The molecule has 0 saturated carbocycles. The summed E-state index contributed by atoms with van der Waals surface area (Å²) in [4.78, 5) is 19.5. The molecule has 0 aliphatic heterocycles. The number of nitrogens with one attached hydrogen (secondary N) is 1. The first-order valence-corrected chi connectivity index (χ1v) is 5.54. The Labute approximate surface area is 105 Å². The smallest absolute Gasteiger partial charge is 0.270 e. The number of ether oxygens (including phenoxy) is 1. The molecule has 94 valence electrons. The topological polar surface area (TPSA) is 69.0 Å². The van der Waals surface area contributed by atoms with E-state index in [0.717, 1.165) is 6.54 Å². The molecule has 0 unspecified atom stereocenters. The zero-order chi connectivity index (χ0) is 12.8. The van der Waals surface area contributed by atoms with Crippen molar-refractivity contribution in [3.8, 4) is 5.88 Å². The average molecular weight is 246 g/mol. The molecule has 0 atom stereocenters. The van der Waals surface area contributed by atoms with Crippen molar-refractivity contribution in [2.24, 2.45) is 0 Å². The number of nitrogens with zero attached hydrogens (tertiary/aromatic N) is 3. The van der Waals surface area contributed by atoms with Crippen LogP contribution in [-0.4, -0.2) is 34.1 Å². The molecule has 2 rings (SSSR count). The van der Waals surface area contributed by atoms with E-state index in [-0.39, 0.29) is 5.91 Å². The van der Waals surface area contributed by atoms with Crippen molar-refractivity contribution >= 4 is 5.91 Å². The number of hydrogen-bond acceptors (Lipinski definition) is 4. The van der Waals surface area contributed by atoms with Gasteiger partial charge in [-0.3, -0.25) is 4.79 Å². The monoisotopic (exact) mass is 246 g/mol. The molecule has 0 bridgehead atoms. The SMILES string of the molecule is COc1cc(C(=O)NCCn2cccc2)ncn1. The standard InChI is InChI=1S/C12H14N4O2/c1-18-11-8-10(14-9-15-11)12(17)13-4-7-16-5-2-3-6-16/h2-3,5-6,8-9H,4,7H2,1H3,(H,13,17). The molecular formula is C12H14N4O2. The minimum absolute atomic E-state index is 0.233. The van der Waals surface area contributed by atoms with Gasteiger partial charge in [0.25, 0.3) is 5.91 Å². The van der Waals surface area contributed by atoms with Crippen LogP contribution in [0.1, 0.15) is 10.5 Å². The second-order valence-electron chi connectivity index (χ2n) is 3.62. The Morgan fingerprint density at radius 2 is 2.17 bits per heavy atom. The van der Waals surface area contributed by atoms with Gasteiger partial charge in [-0.25, -0.2) is 9.97 Å². The fraction of sp³-hybridized carbons (Fsp3) is 0.250. The third-order valence-corrected chi connectivity index (χ3v) is 2.41. The van der Waals surface area contributed by atoms with Crippen LogP contribution >= 0.6 is 0 Å². The molecule has 0 aliphatic rings. The molecule has 0 spiro atoms. The Bertz CT molecular complexity index is 511. The van der Waals surface area contributed by atoms with Crippen molar-refractivity contribution in [1.82, 2.24) is 19.9 Å². The van der Waals surface area contributed by atoms with E-state index in [1.54, 1.807) is 0 Å². The highest BCUT2D eigenvalue weighted by atomic mass is 16.5. The van der Waals surface area contributed by atoms with E-state index in [4.69, 9.17) is 4.74 Å². The summed E-state index contributed by atoms with van der Waals surface area (Å²) in [5.74, 6) is 0.142. The van der Waals surface area contributed by atoms with Crippen LogP contribution in [0.5, 0.6) is 5.88 Å². The fourth-order valence-electron chi connectivity index (χ4n) is 1.48. The predicted octanol–water partition coefficient (Wildman–Crippen LogP) is 0.717. The summed E-state index contributed by atoms with van der Waals surface area (Å²) >= 11 is 0. The average Bonchev–Trinajstić information content (AvgIpc) is 2.92. The van der Waals surface area contributed by atoms with Crippen LogP contribution in [0.2, 0.25) is 0 Å². The van der Waals surface area contributed by atoms with Crippen molar-refractivity contribution < 1.29 is 9.53 Å². The molecule has 2 aromatic heterocycles. The lowest BCUT2D eigenvalue weighted by molar-refractivity contribution is 0.0946. The number of aromatic nitrogens is 3. The third kappa shape index (κ3) is 3.07. The van der Waals surface area contributed by atoms with Crippen LogP contribution in [0.25, 0.3) is 0 Å². The van der Waals surface area contributed by atoms with Gasteiger partial charge in [-0.2, -0.15) is 0 Å². The fourth-order valence-corrected chi connectivity index (χ4v) is 1.48. The largest absolute Gasteiger partial charge is 0.481 e. The van der Waals surface area contributed by atoms with Gasteiger partial charge in [0.2, 0.25) is 5.88 Å². The third-order valence-electron chi connectivity index (χ3n) is 2.41. The van der Waals surface area contributed by atoms with Crippen LogP contribution in [-0.2, 0) is 6.54 Å². The highest BCUT2D eigenvalue weighted by molar-refractivity contribution is 5.92. The second kappa shape index (κ2) is 5.81. The number of carbonyl (C=O) groups is 1.